The standard InChI is InChI=1S/C16H35N5O/c1-6-17-16(19-13-14-20(7-2)8-3)18-12-11-15(22)21(9-4)10-5/h6-14H2,1-5H3,(H2,17,18,19). The number of amides is 1. The Morgan fingerprint density at radius 2 is 1.59 bits per heavy atom. The zero-order chi connectivity index (χ0) is 16.8. The number of likely N-dealkylation sites (N-methyl/N-ethyl adjacent to an activating group) is 1. The lowest BCUT2D eigenvalue weighted by atomic mass is 10.3. The molecule has 0 spiro atoms. The van der Waals surface area contributed by atoms with E-state index in [1.54, 1.807) is 0 Å². The number of nitrogens with zero attached hydrogens (tertiary/aromatic N) is 3. The summed E-state index contributed by atoms with van der Waals surface area (Å²) in [5, 5.41) is 6.46. The van der Waals surface area contributed by atoms with Gasteiger partial charge in [-0.25, -0.2) is 0 Å². The van der Waals surface area contributed by atoms with E-state index in [-0.39, 0.29) is 5.91 Å². The largest absolute Gasteiger partial charge is 0.357 e. The fourth-order valence-electron chi connectivity index (χ4n) is 2.21. The van der Waals surface area contributed by atoms with Crippen LogP contribution in [0, 0.1) is 0 Å². The third-order valence-electron chi connectivity index (χ3n) is 3.67. The fraction of sp³-hybridized carbons (Fsp3) is 0.875. The van der Waals surface area contributed by atoms with Crippen molar-refractivity contribution in [3.05, 3.63) is 0 Å². The van der Waals surface area contributed by atoms with E-state index in [2.05, 4.69) is 34.4 Å². The van der Waals surface area contributed by atoms with Gasteiger partial charge in [-0.15, -0.1) is 0 Å². The van der Waals surface area contributed by atoms with Gasteiger partial charge in [0, 0.05) is 39.1 Å². The van der Waals surface area contributed by atoms with Gasteiger partial charge in [0.25, 0.3) is 0 Å². The van der Waals surface area contributed by atoms with Gasteiger partial charge in [-0.05, 0) is 33.9 Å². The molecule has 2 N–H and O–H groups in total. The molecule has 0 fully saturated rings. The normalized spacial score (nSPS) is 11.6. The minimum atomic E-state index is 0.191. The van der Waals surface area contributed by atoms with Gasteiger partial charge in [-0.2, -0.15) is 0 Å². The van der Waals surface area contributed by atoms with E-state index in [0.29, 0.717) is 13.0 Å². The van der Waals surface area contributed by atoms with Crippen LogP contribution in [0.3, 0.4) is 0 Å². The van der Waals surface area contributed by atoms with E-state index in [1.165, 1.54) is 0 Å². The molecular weight excluding hydrogens is 278 g/mol. The summed E-state index contributed by atoms with van der Waals surface area (Å²) < 4.78 is 0. The molecule has 1 amide bonds. The molecule has 0 aromatic carbocycles. The number of carbonyl (C=O) groups excluding carboxylic acids is 1. The van der Waals surface area contributed by atoms with Crippen LogP contribution in [-0.2, 0) is 4.79 Å². The summed E-state index contributed by atoms with van der Waals surface area (Å²) in [7, 11) is 0. The molecular formula is C16H35N5O. The van der Waals surface area contributed by atoms with Crippen LogP contribution in [0.2, 0.25) is 0 Å². The Morgan fingerprint density at radius 3 is 2.09 bits per heavy atom. The molecule has 130 valence electrons. The van der Waals surface area contributed by atoms with Gasteiger partial charge >= 0.3 is 0 Å². The highest BCUT2D eigenvalue weighted by Crippen LogP contribution is 1.93. The number of nitrogens with one attached hydrogen (secondary N) is 2. The summed E-state index contributed by atoms with van der Waals surface area (Å²) in [5.41, 5.74) is 0. The molecule has 0 aromatic rings. The molecule has 0 atom stereocenters. The predicted molar refractivity (Wildman–Crippen MR) is 94.3 cm³/mol. The van der Waals surface area contributed by atoms with E-state index < -0.39 is 0 Å². The Labute approximate surface area is 136 Å². The summed E-state index contributed by atoms with van der Waals surface area (Å²) in [5.74, 6) is 0.985. The fourth-order valence-corrected chi connectivity index (χ4v) is 2.21. The van der Waals surface area contributed by atoms with E-state index in [0.717, 1.165) is 51.8 Å². The van der Waals surface area contributed by atoms with Crippen LogP contribution in [0.4, 0.5) is 0 Å². The molecule has 0 saturated carbocycles. The Bertz CT molecular complexity index is 312. The minimum Gasteiger partial charge on any atom is -0.357 e. The van der Waals surface area contributed by atoms with Gasteiger partial charge in [0.2, 0.25) is 5.91 Å². The maximum atomic E-state index is 11.9. The molecule has 0 radical (unpaired) electrons. The van der Waals surface area contributed by atoms with Gasteiger partial charge in [0.1, 0.15) is 0 Å². The monoisotopic (exact) mass is 313 g/mol. The third-order valence-corrected chi connectivity index (χ3v) is 3.67. The van der Waals surface area contributed by atoms with Gasteiger partial charge in [-0.3, -0.25) is 9.79 Å². The van der Waals surface area contributed by atoms with E-state index in [9.17, 15) is 4.79 Å². The highest BCUT2D eigenvalue weighted by molar-refractivity contribution is 5.81. The number of guanidine groups is 1. The SMILES string of the molecule is CCNC(=NCCN(CC)CC)NCCC(=O)N(CC)CC. The molecule has 0 heterocycles. The maximum absolute atomic E-state index is 11.9. The second-order valence-corrected chi connectivity index (χ2v) is 5.03. The lowest BCUT2D eigenvalue weighted by Crippen LogP contribution is -2.40. The first-order chi connectivity index (χ1) is 10.6. The van der Waals surface area contributed by atoms with Crippen LogP contribution in [0.25, 0.3) is 0 Å². The summed E-state index contributed by atoms with van der Waals surface area (Å²) in [4.78, 5) is 20.7. The lowest BCUT2D eigenvalue weighted by Gasteiger charge is -2.19. The zero-order valence-electron chi connectivity index (χ0n) is 15.1. The predicted octanol–water partition coefficient (Wildman–Crippen LogP) is 1.14. The molecule has 0 unspecified atom stereocenters. The van der Waals surface area contributed by atoms with Crippen molar-refractivity contribution < 1.29 is 4.79 Å². The Balaban J connectivity index is 4.20. The van der Waals surface area contributed by atoms with Crippen LogP contribution in [0.1, 0.15) is 41.0 Å². The number of hydrogen-bond acceptors (Lipinski definition) is 3. The van der Waals surface area contributed by atoms with Crippen LogP contribution in [0.15, 0.2) is 4.99 Å². The third kappa shape index (κ3) is 8.87. The summed E-state index contributed by atoms with van der Waals surface area (Å²) >= 11 is 0. The average Bonchev–Trinajstić information content (AvgIpc) is 2.52. The van der Waals surface area contributed by atoms with E-state index >= 15 is 0 Å². The van der Waals surface area contributed by atoms with Gasteiger partial charge in [0.15, 0.2) is 5.96 Å². The van der Waals surface area contributed by atoms with Crippen molar-refractivity contribution in [2.24, 2.45) is 4.99 Å². The molecule has 0 aliphatic heterocycles. The van der Waals surface area contributed by atoms with Crippen molar-refractivity contribution in [1.29, 1.82) is 0 Å². The molecule has 0 aromatic heterocycles. The van der Waals surface area contributed by atoms with Gasteiger partial charge in [0.05, 0.1) is 6.54 Å². The molecule has 0 aliphatic carbocycles. The second-order valence-electron chi connectivity index (χ2n) is 5.03. The first-order valence-corrected chi connectivity index (χ1v) is 8.64. The van der Waals surface area contributed by atoms with Gasteiger partial charge < -0.3 is 20.4 Å². The van der Waals surface area contributed by atoms with Crippen LogP contribution >= 0.6 is 0 Å². The smallest absolute Gasteiger partial charge is 0.224 e. The van der Waals surface area contributed by atoms with Crippen LogP contribution in [0.5, 0.6) is 0 Å². The quantitative estimate of drug-likeness (QED) is 0.444. The topological polar surface area (TPSA) is 60.0 Å². The molecule has 0 rings (SSSR count). The molecule has 0 bridgehead atoms. The van der Waals surface area contributed by atoms with Gasteiger partial charge in [-0.1, -0.05) is 13.8 Å². The molecule has 22 heavy (non-hydrogen) atoms. The Morgan fingerprint density at radius 1 is 0.955 bits per heavy atom. The minimum absolute atomic E-state index is 0.191. The van der Waals surface area contributed by atoms with Crippen LogP contribution < -0.4 is 10.6 Å². The first-order valence-electron chi connectivity index (χ1n) is 8.64. The van der Waals surface area contributed by atoms with Crippen molar-refractivity contribution in [3.8, 4) is 0 Å². The Kier molecular flexibility index (Phi) is 12.6. The molecule has 0 aliphatic rings. The molecule has 0 saturated heterocycles. The average molecular weight is 313 g/mol. The highest BCUT2D eigenvalue weighted by Gasteiger charge is 2.09. The van der Waals surface area contributed by atoms with Crippen molar-refractivity contribution >= 4 is 11.9 Å². The molecule has 6 nitrogen and oxygen atoms in total. The van der Waals surface area contributed by atoms with Crippen molar-refractivity contribution in [2.75, 3.05) is 52.4 Å². The van der Waals surface area contributed by atoms with Crippen molar-refractivity contribution in [2.45, 2.75) is 41.0 Å². The van der Waals surface area contributed by atoms with Crippen LogP contribution in [-0.4, -0.2) is 74.0 Å². The van der Waals surface area contributed by atoms with E-state index in [1.807, 2.05) is 25.7 Å². The first kappa shape index (κ1) is 20.7. The lowest BCUT2D eigenvalue weighted by molar-refractivity contribution is -0.130. The number of hydrogen-bond donors (Lipinski definition) is 2. The summed E-state index contributed by atoms with van der Waals surface area (Å²) in [6, 6.07) is 0. The summed E-state index contributed by atoms with van der Waals surface area (Å²) in [6.45, 7) is 17.2. The maximum Gasteiger partial charge on any atom is 0.224 e. The summed E-state index contributed by atoms with van der Waals surface area (Å²) in [6.07, 6.45) is 0.502. The number of aliphatic imine (C=N–C) groups is 1. The number of rotatable bonds is 11. The highest BCUT2D eigenvalue weighted by atomic mass is 16.2. The number of carbonyl (C=O) groups is 1. The van der Waals surface area contributed by atoms with Crippen molar-refractivity contribution in [3.63, 3.8) is 0 Å². The van der Waals surface area contributed by atoms with Crippen molar-refractivity contribution in [1.82, 2.24) is 20.4 Å². The Hall–Kier alpha value is -1.30. The second kappa shape index (κ2) is 13.4. The zero-order valence-corrected chi connectivity index (χ0v) is 15.1. The van der Waals surface area contributed by atoms with E-state index in [4.69, 9.17) is 0 Å². The molecule has 6 heteroatoms.